The van der Waals surface area contributed by atoms with Gasteiger partial charge in [0, 0.05) is 24.5 Å². The summed E-state index contributed by atoms with van der Waals surface area (Å²) < 4.78 is 0. The highest BCUT2D eigenvalue weighted by Gasteiger charge is 2.13. The summed E-state index contributed by atoms with van der Waals surface area (Å²) in [6.45, 7) is 10.5. The summed E-state index contributed by atoms with van der Waals surface area (Å²) in [5.74, 6) is 0.399. The lowest BCUT2D eigenvalue weighted by Gasteiger charge is -2.21. The first-order valence-electron chi connectivity index (χ1n) is 6.20. The van der Waals surface area contributed by atoms with Crippen LogP contribution in [0.1, 0.15) is 26.3 Å². The SMILES string of the molecule is C=C(C)C(=O)N(CCCl)Cc1ccccc1.CC. The molecule has 0 spiro atoms. The molecular weight excluding hydrogens is 246 g/mol. The number of carbonyl (C=O) groups is 1. The van der Waals surface area contributed by atoms with Gasteiger partial charge in [-0.3, -0.25) is 4.79 Å². The number of nitrogens with zero attached hydrogens (tertiary/aromatic N) is 1. The Bertz CT molecular complexity index is 362. The second-order valence-electron chi connectivity index (χ2n) is 3.68. The van der Waals surface area contributed by atoms with Crippen molar-refractivity contribution in [3.63, 3.8) is 0 Å². The van der Waals surface area contributed by atoms with E-state index in [0.29, 0.717) is 24.5 Å². The zero-order chi connectivity index (χ0) is 14.0. The van der Waals surface area contributed by atoms with Crippen molar-refractivity contribution in [3.8, 4) is 0 Å². The van der Waals surface area contributed by atoms with E-state index in [4.69, 9.17) is 11.6 Å². The Kier molecular flexibility index (Phi) is 9.03. The third kappa shape index (κ3) is 5.87. The number of alkyl halides is 1. The minimum Gasteiger partial charge on any atom is -0.333 e. The molecule has 0 saturated heterocycles. The maximum Gasteiger partial charge on any atom is 0.249 e. The molecule has 3 heteroatoms. The van der Waals surface area contributed by atoms with Crippen molar-refractivity contribution in [1.82, 2.24) is 4.90 Å². The smallest absolute Gasteiger partial charge is 0.249 e. The molecule has 0 aromatic heterocycles. The van der Waals surface area contributed by atoms with E-state index in [2.05, 4.69) is 6.58 Å². The van der Waals surface area contributed by atoms with Gasteiger partial charge in [-0.05, 0) is 12.5 Å². The second-order valence-corrected chi connectivity index (χ2v) is 4.06. The van der Waals surface area contributed by atoms with Crippen LogP contribution in [0.4, 0.5) is 0 Å². The van der Waals surface area contributed by atoms with Crippen molar-refractivity contribution in [2.75, 3.05) is 12.4 Å². The fourth-order valence-electron chi connectivity index (χ4n) is 1.43. The molecule has 0 aliphatic heterocycles. The molecule has 2 nitrogen and oxygen atoms in total. The molecule has 1 aromatic carbocycles. The average molecular weight is 268 g/mol. The maximum absolute atomic E-state index is 11.8. The van der Waals surface area contributed by atoms with E-state index in [-0.39, 0.29) is 5.91 Å². The fraction of sp³-hybridized carbons (Fsp3) is 0.400. The van der Waals surface area contributed by atoms with Crippen LogP contribution in [0, 0.1) is 0 Å². The first-order chi connectivity index (χ1) is 8.65. The van der Waals surface area contributed by atoms with Crippen LogP contribution in [0.15, 0.2) is 42.5 Å². The quantitative estimate of drug-likeness (QED) is 0.586. The fourth-order valence-corrected chi connectivity index (χ4v) is 1.63. The molecular formula is C15H22ClNO. The van der Waals surface area contributed by atoms with Gasteiger partial charge in [0.2, 0.25) is 5.91 Å². The number of hydrogen-bond donors (Lipinski definition) is 0. The van der Waals surface area contributed by atoms with E-state index in [1.165, 1.54) is 0 Å². The van der Waals surface area contributed by atoms with Crippen LogP contribution in [-0.2, 0) is 11.3 Å². The van der Waals surface area contributed by atoms with Gasteiger partial charge in [-0.15, -0.1) is 11.6 Å². The zero-order valence-electron chi connectivity index (χ0n) is 11.4. The molecule has 0 radical (unpaired) electrons. The Morgan fingerprint density at radius 1 is 1.28 bits per heavy atom. The monoisotopic (exact) mass is 267 g/mol. The minimum atomic E-state index is -0.0375. The standard InChI is InChI=1S/C13H16ClNO.C2H6/c1-11(2)13(16)15(9-8-14)10-12-6-4-3-5-7-12;1-2/h3-7H,1,8-10H2,2H3;1-2H3. The molecule has 1 rings (SSSR count). The number of hydrogen-bond acceptors (Lipinski definition) is 1. The Labute approximate surface area is 115 Å². The molecule has 0 unspecified atom stereocenters. The van der Waals surface area contributed by atoms with Gasteiger partial charge >= 0.3 is 0 Å². The normalized spacial score (nSPS) is 9.11. The lowest BCUT2D eigenvalue weighted by Crippen LogP contribution is -2.32. The molecule has 0 aliphatic carbocycles. The third-order valence-electron chi connectivity index (χ3n) is 2.22. The molecule has 0 atom stereocenters. The molecule has 0 heterocycles. The van der Waals surface area contributed by atoms with Crippen molar-refractivity contribution >= 4 is 17.5 Å². The van der Waals surface area contributed by atoms with Crippen LogP contribution in [0.2, 0.25) is 0 Å². The van der Waals surface area contributed by atoms with Gasteiger partial charge in [0.1, 0.15) is 0 Å². The number of amides is 1. The summed E-state index contributed by atoms with van der Waals surface area (Å²) >= 11 is 5.69. The van der Waals surface area contributed by atoms with Gasteiger partial charge in [-0.1, -0.05) is 50.8 Å². The van der Waals surface area contributed by atoms with Gasteiger partial charge in [0.05, 0.1) is 0 Å². The molecule has 100 valence electrons. The summed E-state index contributed by atoms with van der Waals surface area (Å²) in [7, 11) is 0. The topological polar surface area (TPSA) is 20.3 Å². The Morgan fingerprint density at radius 2 is 1.83 bits per heavy atom. The predicted molar refractivity (Wildman–Crippen MR) is 78.7 cm³/mol. The number of halogens is 1. The van der Waals surface area contributed by atoms with Crippen molar-refractivity contribution in [3.05, 3.63) is 48.0 Å². The maximum atomic E-state index is 11.8. The highest BCUT2D eigenvalue weighted by Crippen LogP contribution is 2.07. The van der Waals surface area contributed by atoms with Gasteiger partial charge in [0.15, 0.2) is 0 Å². The van der Waals surface area contributed by atoms with Crippen LogP contribution in [0.25, 0.3) is 0 Å². The number of carbonyl (C=O) groups excluding carboxylic acids is 1. The largest absolute Gasteiger partial charge is 0.333 e. The molecule has 0 fully saturated rings. The van der Waals surface area contributed by atoms with Crippen molar-refractivity contribution in [2.45, 2.75) is 27.3 Å². The highest BCUT2D eigenvalue weighted by atomic mass is 35.5. The molecule has 0 saturated carbocycles. The number of rotatable bonds is 5. The molecule has 1 aromatic rings. The van der Waals surface area contributed by atoms with E-state index in [9.17, 15) is 4.79 Å². The van der Waals surface area contributed by atoms with E-state index in [1.807, 2.05) is 44.2 Å². The van der Waals surface area contributed by atoms with E-state index in [0.717, 1.165) is 5.56 Å². The zero-order valence-corrected chi connectivity index (χ0v) is 12.2. The van der Waals surface area contributed by atoms with Gasteiger partial charge in [0.25, 0.3) is 0 Å². The molecule has 1 amide bonds. The summed E-state index contributed by atoms with van der Waals surface area (Å²) in [4.78, 5) is 13.5. The second kappa shape index (κ2) is 9.72. The summed E-state index contributed by atoms with van der Waals surface area (Å²) in [6, 6.07) is 9.86. The van der Waals surface area contributed by atoms with Gasteiger partial charge in [-0.2, -0.15) is 0 Å². The minimum absolute atomic E-state index is 0.0375. The van der Waals surface area contributed by atoms with Crippen LogP contribution >= 0.6 is 11.6 Å². The molecule has 0 N–H and O–H groups in total. The highest BCUT2D eigenvalue weighted by molar-refractivity contribution is 6.18. The van der Waals surface area contributed by atoms with Crippen LogP contribution < -0.4 is 0 Å². The van der Waals surface area contributed by atoms with E-state index in [1.54, 1.807) is 11.8 Å². The van der Waals surface area contributed by atoms with Crippen LogP contribution in [0.5, 0.6) is 0 Å². The lowest BCUT2D eigenvalue weighted by atomic mass is 10.2. The van der Waals surface area contributed by atoms with Gasteiger partial charge < -0.3 is 4.90 Å². The Morgan fingerprint density at radius 3 is 2.28 bits per heavy atom. The first-order valence-corrected chi connectivity index (χ1v) is 6.73. The van der Waals surface area contributed by atoms with Crippen molar-refractivity contribution in [1.29, 1.82) is 0 Å². The molecule has 18 heavy (non-hydrogen) atoms. The van der Waals surface area contributed by atoms with E-state index < -0.39 is 0 Å². The molecule has 0 bridgehead atoms. The number of benzene rings is 1. The van der Waals surface area contributed by atoms with Crippen LogP contribution in [-0.4, -0.2) is 23.2 Å². The Hall–Kier alpha value is -1.28. The Balaban J connectivity index is 0.00000137. The summed E-state index contributed by atoms with van der Waals surface area (Å²) in [5, 5.41) is 0. The predicted octanol–water partition coefficient (Wildman–Crippen LogP) is 3.86. The average Bonchev–Trinajstić information content (AvgIpc) is 2.41. The third-order valence-corrected chi connectivity index (χ3v) is 2.39. The summed E-state index contributed by atoms with van der Waals surface area (Å²) in [5.41, 5.74) is 1.64. The lowest BCUT2D eigenvalue weighted by molar-refractivity contribution is -0.127. The molecule has 0 aliphatic rings. The van der Waals surface area contributed by atoms with Gasteiger partial charge in [-0.25, -0.2) is 0 Å². The van der Waals surface area contributed by atoms with Crippen LogP contribution in [0.3, 0.4) is 0 Å². The summed E-state index contributed by atoms with van der Waals surface area (Å²) in [6.07, 6.45) is 0. The van der Waals surface area contributed by atoms with Crippen molar-refractivity contribution < 1.29 is 4.79 Å². The van der Waals surface area contributed by atoms with Crippen molar-refractivity contribution in [2.24, 2.45) is 0 Å². The van der Waals surface area contributed by atoms with E-state index >= 15 is 0 Å². The first kappa shape index (κ1) is 16.7.